The predicted octanol–water partition coefficient (Wildman–Crippen LogP) is 1.25. The molecule has 0 radical (unpaired) electrons. The second kappa shape index (κ2) is 4.44. The molecule has 0 fully saturated rings. The summed E-state index contributed by atoms with van der Waals surface area (Å²) >= 11 is 0. The average Bonchev–Trinajstić information content (AvgIpc) is 2.19. The van der Waals surface area contributed by atoms with Gasteiger partial charge in [0.05, 0.1) is 6.61 Å². The molecule has 0 amide bonds. The van der Waals surface area contributed by atoms with Gasteiger partial charge in [-0.25, -0.2) is 0 Å². The molecule has 1 atom stereocenters. The Morgan fingerprint density at radius 2 is 2.07 bits per heavy atom. The number of aliphatic hydroxyl groups is 1. The number of rotatable bonds is 4. The van der Waals surface area contributed by atoms with E-state index in [2.05, 4.69) is 0 Å². The third kappa shape index (κ3) is 2.25. The number of ether oxygens (including phenoxy) is 1. The van der Waals surface area contributed by atoms with E-state index in [-0.39, 0.29) is 6.54 Å². The summed E-state index contributed by atoms with van der Waals surface area (Å²) in [5.74, 6) is 0.699. The van der Waals surface area contributed by atoms with Crippen LogP contribution in [0.3, 0.4) is 0 Å². The van der Waals surface area contributed by atoms with E-state index in [0.29, 0.717) is 12.4 Å². The van der Waals surface area contributed by atoms with E-state index in [1.54, 1.807) is 6.92 Å². The van der Waals surface area contributed by atoms with Crippen molar-refractivity contribution < 1.29 is 9.84 Å². The molecule has 78 valence electrons. The SMILES string of the molecule is CCOc1ccccc1C(C)(O)CN. The van der Waals surface area contributed by atoms with Crippen LogP contribution in [0, 0.1) is 0 Å². The van der Waals surface area contributed by atoms with Gasteiger partial charge in [-0.2, -0.15) is 0 Å². The molecule has 14 heavy (non-hydrogen) atoms. The first-order chi connectivity index (χ1) is 6.61. The first-order valence-electron chi connectivity index (χ1n) is 4.76. The van der Waals surface area contributed by atoms with Crippen LogP contribution < -0.4 is 10.5 Å². The molecule has 3 N–H and O–H groups in total. The highest BCUT2D eigenvalue weighted by Gasteiger charge is 2.24. The van der Waals surface area contributed by atoms with Crippen molar-refractivity contribution >= 4 is 0 Å². The Balaban J connectivity index is 3.06. The van der Waals surface area contributed by atoms with Gasteiger partial charge in [0, 0.05) is 12.1 Å². The fourth-order valence-electron chi connectivity index (χ4n) is 1.30. The van der Waals surface area contributed by atoms with E-state index in [9.17, 15) is 5.11 Å². The van der Waals surface area contributed by atoms with E-state index in [0.717, 1.165) is 5.56 Å². The van der Waals surface area contributed by atoms with Gasteiger partial charge < -0.3 is 15.6 Å². The van der Waals surface area contributed by atoms with Crippen LogP contribution in [0.1, 0.15) is 19.4 Å². The number of benzene rings is 1. The summed E-state index contributed by atoms with van der Waals surface area (Å²) in [6, 6.07) is 7.41. The molecule has 0 aliphatic carbocycles. The third-order valence-electron chi connectivity index (χ3n) is 2.16. The lowest BCUT2D eigenvalue weighted by Crippen LogP contribution is -2.31. The Morgan fingerprint density at radius 3 is 2.64 bits per heavy atom. The van der Waals surface area contributed by atoms with Crippen molar-refractivity contribution in [1.82, 2.24) is 0 Å². The van der Waals surface area contributed by atoms with Crippen LogP contribution in [0.25, 0.3) is 0 Å². The van der Waals surface area contributed by atoms with Crippen LogP contribution in [-0.2, 0) is 5.60 Å². The maximum atomic E-state index is 10.00. The van der Waals surface area contributed by atoms with Crippen molar-refractivity contribution in [2.45, 2.75) is 19.4 Å². The zero-order valence-corrected chi connectivity index (χ0v) is 8.66. The molecule has 1 unspecified atom stereocenters. The number of hydrogen-bond acceptors (Lipinski definition) is 3. The summed E-state index contributed by atoms with van der Waals surface area (Å²) in [5, 5.41) is 10.00. The summed E-state index contributed by atoms with van der Waals surface area (Å²) in [5.41, 5.74) is 5.22. The first-order valence-corrected chi connectivity index (χ1v) is 4.76. The maximum Gasteiger partial charge on any atom is 0.125 e. The molecule has 0 saturated carbocycles. The normalized spacial score (nSPS) is 14.9. The standard InChI is InChI=1S/C11H17NO2/c1-3-14-10-7-5-4-6-9(10)11(2,13)8-12/h4-7,13H,3,8,12H2,1-2H3. The minimum Gasteiger partial charge on any atom is -0.493 e. The Bertz CT molecular complexity index is 297. The van der Waals surface area contributed by atoms with Crippen LogP contribution >= 0.6 is 0 Å². The van der Waals surface area contributed by atoms with Crippen molar-refractivity contribution in [3.63, 3.8) is 0 Å². The minimum absolute atomic E-state index is 0.178. The molecule has 0 aliphatic rings. The molecular weight excluding hydrogens is 178 g/mol. The average molecular weight is 195 g/mol. The monoisotopic (exact) mass is 195 g/mol. The van der Waals surface area contributed by atoms with Gasteiger partial charge >= 0.3 is 0 Å². The van der Waals surface area contributed by atoms with E-state index in [1.807, 2.05) is 31.2 Å². The molecule has 3 heteroatoms. The van der Waals surface area contributed by atoms with Crippen molar-refractivity contribution in [1.29, 1.82) is 0 Å². The van der Waals surface area contributed by atoms with Gasteiger partial charge in [0.25, 0.3) is 0 Å². The summed E-state index contributed by atoms with van der Waals surface area (Å²) in [4.78, 5) is 0. The number of para-hydroxylation sites is 1. The Kier molecular flexibility index (Phi) is 3.49. The van der Waals surface area contributed by atoms with Gasteiger partial charge in [-0.1, -0.05) is 18.2 Å². The predicted molar refractivity (Wildman–Crippen MR) is 56.2 cm³/mol. The smallest absolute Gasteiger partial charge is 0.125 e. The number of nitrogens with two attached hydrogens (primary N) is 1. The van der Waals surface area contributed by atoms with Crippen LogP contribution in [0.2, 0.25) is 0 Å². The zero-order chi connectivity index (χ0) is 10.6. The molecule has 0 bridgehead atoms. The van der Waals surface area contributed by atoms with Crippen molar-refractivity contribution in [3.8, 4) is 5.75 Å². The van der Waals surface area contributed by atoms with Crippen molar-refractivity contribution in [2.75, 3.05) is 13.2 Å². The van der Waals surface area contributed by atoms with Gasteiger partial charge in [-0.3, -0.25) is 0 Å². The van der Waals surface area contributed by atoms with Gasteiger partial charge in [0.15, 0.2) is 0 Å². The summed E-state index contributed by atoms with van der Waals surface area (Å²) in [6.07, 6.45) is 0. The largest absolute Gasteiger partial charge is 0.493 e. The topological polar surface area (TPSA) is 55.5 Å². The van der Waals surface area contributed by atoms with Gasteiger partial charge in [-0.15, -0.1) is 0 Å². The number of hydrogen-bond donors (Lipinski definition) is 2. The molecule has 0 aromatic heterocycles. The highest BCUT2D eigenvalue weighted by Crippen LogP contribution is 2.28. The minimum atomic E-state index is -1.02. The third-order valence-corrected chi connectivity index (χ3v) is 2.16. The fraction of sp³-hybridized carbons (Fsp3) is 0.455. The molecule has 0 saturated heterocycles. The van der Waals surface area contributed by atoms with Crippen LogP contribution in [-0.4, -0.2) is 18.3 Å². The Hall–Kier alpha value is -1.06. The Morgan fingerprint density at radius 1 is 1.43 bits per heavy atom. The summed E-state index contributed by atoms with van der Waals surface area (Å²) in [6.45, 7) is 4.35. The summed E-state index contributed by atoms with van der Waals surface area (Å²) < 4.78 is 5.41. The second-order valence-corrected chi connectivity index (χ2v) is 3.41. The molecule has 0 spiro atoms. The van der Waals surface area contributed by atoms with Crippen LogP contribution in [0.5, 0.6) is 5.75 Å². The van der Waals surface area contributed by atoms with Gasteiger partial charge in [0.1, 0.15) is 11.4 Å². The molecule has 0 heterocycles. The van der Waals surface area contributed by atoms with Crippen molar-refractivity contribution in [2.24, 2.45) is 5.73 Å². The molecule has 1 aromatic rings. The molecule has 3 nitrogen and oxygen atoms in total. The summed E-state index contributed by atoms with van der Waals surface area (Å²) in [7, 11) is 0. The first kappa shape index (κ1) is 11.0. The van der Waals surface area contributed by atoms with Crippen LogP contribution in [0.15, 0.2) is 24.3 Å². The zero-order valence-electron chi connectivity index (χ0n) is 8.66. The Labute approximate surface area is 84.5 Å². The molecule has 1 aromatic carbocycles. The lowest BCUT2D eigenvalue weighted by atomic mass is 9.95. The van der Waals surface area contributed by atoms with Crippen molar-refractivity contribution in [3.05, 3.63) is 29.8 Å². The fourth-order valence-corrected chi connectivity index (χ4v) is 1.30. The van der Waals surface area contributed by atoms with E-state index >= 15 is 0 Å². The van der Waals surface area contributed by atoms with E-state index < -0.39 is 5.60 Å². The van der Waals surface area contributed by atoms with Gasteiger partial charge in [-0.05, 0) is 19.9 Å². The van der Waals surface area contributed by atoms with Crippen LogP contribution in [0.4, 0.5) is 0 Å². The second-order valence-electron chi connectivity index (χ2n) is 3.41. The van der Waals surface area contributed by atoms with E-state index in [1.165, 1.54) is 0 Å². The highest BCUT2D eigenvalue weighted by atomic mass is 16.5. The maximum absolute atomic E-state index is 10.00. The lowest BCUT2D eigenvalue weighted by molar-refractivity contribution is 0.0634. The molecule has 1 rings (SSSR count). The molecular formula is C11H17NO2. The molecule has 0 aliphatic heterocycles. The quantitative estimate of drug-likeness (QED) is 0.760. The van der Waals surface area contributed by atoms with E-state index in [4.69, 9.17) is 10.5 Å². The lowest BCUT2D eigenvalue weighted by Gasteiger charge is -2.24. The highest BCUT2D eigenvalue weighted by molar-refractivity contribution is 5.37. The van der Waals surface area contributed by atoms with Gasteiger partial charge in [0.2, 0.25) is 0 Å².